The minimum atomic E-state index is 0. The van der Waals surface area contributed by atoms with Crippen molar-refractivity contribution < 1.29 is 0 Å². The number of rotatable bonds is 0. The summed E-state index contributed by atoms with van der Waals surface area (Å²) in [4.78, 5) is 7.35. The van der Waals surface area contributed by atoms with Gasteiger partial charge in [0, 0.05) is 12.4 Å². The fourth-order valence-electron chi connectivity index (χ4n) is 0.253. The Labute approximate surface area is 84.8 Å². The first-order chi connectivity index (χ1) is 3.00. The molecular weight excluding hydrogens is 115 g/mol. The van der Waals surface area contributed by atoms with Crippen LogP contribution in [-0.2, 0) is 0 Å². The van der Waals surface area contributed by atoms with Crippen molar-refractivity contribution in [2.45, 2.75) is 0 Å². The molecule has 7 heavy (non-hydrogen) atoms. The van der Waals surface area contributed by atoms with Gasteiger partial charge in [-0.15, -0.1) is 0 Å². The van der Waals surface area contributed by atoms with E-state index in [1.54, 1.807) is 18.5 Å². The fourth-order valence-corrected chi connectivity index (χ4v) is 0.253. The molecule has 0 aromatic carbocycles. The van der Waals surface area contributed by atoms with Crippen molar-refractivity contribution in [3.8, 4) is 0 Å². The molecule has 1 rings (SSSR count). The Kier molecular flexibility index (Phi) is 5.36. The molecule has 0 radical (unpaired) electrons. The van der Waals surface area contributed by atoms with Crippen LogP contribution in [0.25, 0.3) is 0 Å². The van der Waals surface area contributed by atoms with Crippen LogP contribution in [0.15, 0.2) is 24.8 Å². The predicted molar refractivity (Wildman–Crippen MR) is 29.2 cm³/mol. The molecule has 1 aromatic rings. The summed E-state index contributed by atoms with van der Waals surface area (Å²) in [6, 6.07) is 1.78. The molecule has 0 atom stereocenters. The van der Waals surface area contributed by atoms with E-state index < -0.39 is 0 Å². The minimum absolute atomic E-state index is 0. The van der Waals surface area contributed by atoms with E-state index in [0.29, 0.717) is 0 Å². The van der Waals surface area contributed by atoms with E-state index in [-0.39, 0.29) is 51.4 Å². The normalized spacial score (nSPS) is 6.86. The minimum Gasteiger partial charge on any atom is -0.245 e. The quantitative estimate of drug-likeness (QED) is 0.444. The number of aromatic nitrogens is 2. The molecule has 0 saturated heterocycles. The van der Waals surface area contributed by atoms with Crippen LogP contribution in [0.2, 0.25) is 0 Å². The molecule has 0 spiro atoms. The largest absolute Gasteiger partial charge is 0.245 e. The van der Waals surface area contributed by atoms with Crippen LogP contribution in [0.5, 0.6) is 0 Å². The van der Waals surface area contributed by atoms with Crippen LogP contribution in [0.3, 0.4) is 0 Å². The van der Waals surface area contributed by atoms with Gasteiger partial charge in [-0.05, 0) is 6.07 Å². The van der Waals surface area contributed by atoms with Gasteiger partial charge in [-0.3, -0.25) is 0 Å². The van der Waals surface area contributed by atoms with E-state index in [1.807, 2.05) is 0 Å². The summed E-state index contributed by atoms with van der Waals surface area (Å²) < 4.78 is 0. The zero-order valence-electron chi connectivity index (χ0n) is 3.20. The van der Waals surface area contributed by atoms with Gasteiger partial charge in [0.05, 0.1) is 0 Å². The average Bonchev–Trinajstić information content (AvgIpc) is 1.72. The summed E-state index contributed by atoms with van der Waals surface area (Å²) in [7, 11) is 0. The van der Waals surface area contributed by atoms with Gasteiger partial charge in [-0.25, -0.2) is 9.97 Å². The van der Waals surface area contributed by atoms with Crippen molar-refractivity contribution in [2.24, 2.45) is 0 Å². The van der Waals surface area contributed by atoms with Gasteiger partial charge in [0.1, 0.15) is 6.33 Å². The molecule has 3 heteroatoms. The first-order valence-electron chi connectivity index (χ1n) is 1.70. The molecule has 2 nitrogen and oxygen atoms in total. The zero-order chi connectivity index (χ0) is 4.24. The van der Waals surface area contributed by atoms with Gasteiger partial charge < -0.3 is 0 Å². The third-order valence-corrected chi connectivity index (χ3v) is 0.478. The van der Waals surface area contributed by atoms with E-state index in [0.717, 1.165) is 0 Å². The van der Waals surface area contributed by atoms with Gasteiger partial charge in [-0.2, -0.15) is 0 Å². The molecule has 0 amide bonds. The summed E-state index contributed by atoms with van der Waals surface area (Å²) in [6.45, 7) is 0. The zero-order valence-corrected chi connectivity index (χ0v) is 3.20. The second kappa shape index (κ2) is 4.87. The SMILES string of the molecule is [KH].c1cncnc1. The first kappa shape index (κ1) is 7.72. The van der Waals surface area contributed by atoms with E-state index in [9.17, 15) is 0 Å². The van der Waals surface area contributed by atoms with E-state index in [2.05, 4.69) is 9.97 Å². The van der Waals surface area contributed by atoms with Gasteiger partial charge in [0.25, 0.3) is 0 Å². The third-order valence-electron chi connectivity index (χ3n) is 0.478. The molecule has 0 aliphatic heterocycles. The van der Waals surface area contributed by atoms with Crippen molar-refractivity contribution in [1.29, 1.82) is 0 Å². The standard InChI is InChI=1S/C4H4N2.K.H/c1-2-5-4-6-3-1;;/h1-4H;;. The van der Waals surface area contributed by atoms with Crippen LogP contribution in [0.1, 0.15) is 0 Å². The van der Waals surface area contributed by atoms with Gasteiger partial charge in [-0.1, -0.05) is 0 Å². The summed E-state index contributed by atoms with van der Waals surface area (Å²) in [6.07, 6.45) is 4.88. The van der Waals surface area contributed by atoms with Gasteiger partial charge in [0.15, 0.2) is 0 Å². The molecular formula is C4H5KN2. The van der Waals surface area contributed by atoms with Crippen molar-refractivity contribution in [1.82, 2.24) is 9.97 Å². The second-order valence-electron chi connectivity index (χ2n) is 0.904. The van der Waals surface area contributed by atoms with Crippen LogP contribution in [0.4, 0.5) is 0 Å². The maximum absolute atomic E-state index is 3.67. The van der Waals surface area contributed by atoms with Crippen molar-refractivity contribution >= 4 is 51.4 Å². The number of hydrogen-bond acceptors (Lipinski definition) is 2. The van der Waals surface area contributed by atoms with Crippen LogP contribution in [0, 0.1) is 0 Å². The Balaban J connectivity index is 0.000000360. The topological polar surface area (TPSA) is 25.8 Å². The summed E-state index contributed by atoms with van der Waals surface area (Å²) in [5.74, 6) is 0. The summed E-state index contributed by atoms with van der Waals surface area (Å²) in [5, 5.41) is 0. The van der Waals surface area contributed by atoms with E-state index in [1.165, 1.54) is 6.33 Å². The van der Waals surface area contributed by atoms with Crippen molar-refractivity contribution in [3.63, 3.8) is 0 Å². The number of nitrogens with zero attached hydrogens (tertiary/aromatic N) is 2. The molecule has 1 heterocycles. The van der Waals surface area contributed by atoms with Crippen LogP contribution >= 0.6 is 0 Å². The second-order valence-corrected chi connectivity index (χ2v) is 0.904. The number of hydrogen-bond donors (Lipinski definition) is 0. The maximum Gasteiger partial charge on any atom is 0.115 e. The molecule has 0 saturated carbocycles. The Morgan fingerprint density at radius 2 is 1.57 bits per heavy atom. The maximum atomic E-state index is 3.67. The monoisotopic (exact) mass is 120 g/mol. The molecule has 0 bridgehead atoms. The summed E-state index contributed by atoms with van der Waals surface area (Å²) in [5.41, 5.74) is 0. The van der Waals surface area contributed by atoms with Crippen LogP contribution in [-0.4, -0.2) is 61.4 Å². The fraction of sp³-hybridized carbons (Fsp3) is 0. The van der Waals surface area contributed by atoms with Crippen LogP contribution < -0.4 is 0 Å². The predicted octanol–water partition coefficient (Wildman–Crippen LogP) is -0.172. The molecule has 32 valence electrons. The average molecular weight is 120 g/mol. The molecule has 1 aromatic heterocycles. The Morgan fingerprint density at radius 3 is 1.71 bits per heavy atom. The Morgan fingerprint density at radius 1 is 1.00 bits per heavy atom. The van der Waals surface area contributed by atoms with Gasteiger partial charge >= 0.3 is 51.4 Å². The van der Waals surface area contributed by atoms with E-state index in [4.69, 9.17) is 0 Å². The van der Waals surface area contributed by atoms with Crippen molar-refractivity contribution in [2.75, 3.05) is 0 Å². The molecule has 0 N–H and O–H groups in total. The third kappa shape index (κ3) is 3.31. The molecule has 0 unspecified atom stereocenters. The summed E-state index contributed by atoms with van der Waals surface area (Å²) >= 11 is 0. The molecule has 0 aliphatic carbocycles. The smallest absolute Gasteiger partial charge is 0.115 e. The Bertz CT molecular complexity index is 81.6. The van der Waals surface area contributed by atoms with Gasteiger partial charge in [0.2, 0.25) is 0 Å². The van der Waals surface area contributed by atoms with Crippen molar-refractivity contribution in [3.05, 3.63) is 24.8 Å². The molecule has 0 aliphatic rings. The van der Waals surface area contributed by atoms with E-state index >= 15 is 0 Å². The molecule has 0 fully saturated rings. The first-order valence-corrected chi connectivity index (χ1v) is 1.70. The Hall–Kier alpha value is 0.716.